The van der Waals surface area contributed by atoms with Crippen molar-refractivity contribution < 1.29 is 13.9 Å². The normalized spacial score (nSPS) is 25.6. The lowest BCUT2D eigenvalue weighted by Gasteiger charge is -2.26. The number of rotatable bonds is 5. The molecule has 1 aromatic rings. The Morgan fingerprint density at radius 3 is 2.95 bits per heavy atom. The number of halogens is 1. The monoisotopic (exact) mass is 297 g/mol. The molecule has 110 valence electrons. The number of nitrogens with one attached hydrogen (secondary N) is 1. The molecule has 0 aliphatic heterocycles. The summed E-state index contributed by atoms with van der Waals surface area (Å²) >= 11 is 1.51. The van der Waals surface area contributed by atoms with Crippen molar-refractivity contribution in [3.63, 3.8) is 0 Å². The minimum Gasteiger partial charge on any atom is -0.465 e. The number of ether oxygens (including phenoxy) is 1. The third kappa shape index (κ3) is 3.15. The van der Waals surface area contributed by atoms with E-state index in [1.165, 1.54) is 17.8 Å². The van der Waals surface area contributed by atoms with Crippen molar-refractivity contribution in [2.75, 3.05) is 13.7 Å². The minimum atomic E-state index is -0.612. The highest BCUT2D eigenvalue weighted by molar-refractivity contribution is 8.00. The zero-order valence-electron chi connectivity index (χ0n) is 11.8. The minimum absolute atomic E-state index is 0.195. The predicted octanol–water partition coefficient (Wildman–Crippen LogP) is 2.99. The maximum Gasteiger partial charge on any atom is 0.326 e. The highest BCUT2D eigenvalue weighted by Crippen LogP contribution is 2.41. The number of thioether (sulfide) groups is 1. The molecule has 1 fully saturated rings. The fraction of sp³-hybridized carbons (Fsp3) is 0.533. The van der Waals surface area contributed by atoms with Crippen LogP contribution in [0.5, 0.6) is 0 Å². The van der Waals surface area contributed by atoms with Gasteiger partial charge in [0.1, 0.15) is 11.4 Å². The molecule has 1 aliphatic carbocycles. The summed E-state index contributed by atoms with van der Waals surface area (Å²) in [4.78, 5) is 12.7. The molecule has 1 aliphatic rings. The molecule has 0 bridgehead atoms. The Labute approximate surface area is 123 Å². The van der Waals surface area contributed by atoms with Gasteiger partial charge in [0.2, 0.25) is 0 Å². The standard InChI is InChI=1S/C15H20FNO2S/c1-3-19-14(18)15(17-2)9-8-11(10-15)20-13-7-5-4-6-12(13)16/h4-7,11,17H,3,8-10H2,1-2H3. The van der Waals surface area contributed by atoms with E-state index in [-0.39, 0.29) is 17.0 Å². The SMILES string of the molecule is CCOC(=O)C1(NC)CCC(Sc2ccccc2F)C1. The molecule has 2 unspecified atom stereocenters. The topological polar surface area (TPSA) is 38.3 Å². The third-order valence-electron chi connectivity index (χ3n) is 3.74. The molecule has 2 rings (SSSR count). The lowest BCUT2D eigenvalue weighted by atomic mass is 9.98. The second-order valence-electron chi connectivity index (χ2n) is 4.97. The Kier molecular flexibility index (Phi) is 5.05. The fourth-order valence-corrected chi connectivity index (χ4v) is 3.90. The van der Waals surface area contributed by atoms with Gasteiger partial charge < -0.3 is 10.1 Å². The Balaban J connectivity index is 2.04. The van der Waals surface area contributed by atoms with Gasteiger partial charge >= 0.3 is 5.97 Å². The third-order valence-corrected chi connectivity index (χ3v) is 5.06. The van der Waals surface area contributed by atoms with E-state index in [0.717, 1.165) is 12.8 Å². The Hall–Kier alpha value is -1.07. The molecule has 0 spiro atoms. The maximum atomic E-state index is 13.7. The van der Waals surface area contributed by atoms with Crippen LogP contribution in [0, 0.1) is 5.82 Å². The maximum absolute atomic E-state index is 13.7. The summed E-state index contributed by atoms with van der Waals surface area (Å²) in [5, 5.41) is 3.34. The molecule has 1 saturated carbocycles. The van der Waals surface area contributed by atoms with Gasteiger partial charge in [0.05, 0.1) is 6.61 Å². The Morgan fingerprint density at radius 2 is 2.30 bits per heavy atom. The van der Waals surface area contributed by atoms with Crippen molar-refractivity contribution in [2.24, 2.45) is 0 Å². The van der Waals surface area contributed by atoms with Gasteiger partial charge in [0.25, 0.3) is 0 Å². The Bertz CT molecular complexity index is 483. The van der Waals surface area contributed by atoms with E-state index in [9.17, 15) is 9.18 Å². The molecule has 0 amide bonds. The summed E-state index contributed by atoms with van der Waals surface area (Å²) in [7, 11) is 1.78. The zero-order chi connectivity index (χ0) is 14.6. The average molecular weight is 297 g/mol. The fourth-order valence-electron chi connectivity index (χ4n) is 2.60. The van der Waals surface area contributed by atoms with Crippen molar-refractivity contribution in [2.45, 2.75) is 41.9 Å². The number of benzene rings is 1. The van der Waals surface area contributed by atoms with Gasteiger partial charge in [-0.05, 0) is 45.4 Å². The van der Waals surface area contributed by atoms with Crippen molar-refractivity contribution >= 4 is 17.7 Å². The summed E-state index contributed by atoms with van der Waals surface area (Å²) < 4.78 is 18.8. The molecule has 3 nitrogen and oxygen atoms in total. The van der Waals surface area contributed by atoms with Gasteiger partial charge in [-0.3, -0.25) is 4.79 Å². The summed E-state index contributed by atoms with van der Waals surface area (Å²) in [5.74, 6) is -0.394. The molecule has 2 atom stereocenters. The van der Waals surface area contributed by atoms with E-state index < -0.39 is 5.54 Å². The average Bonchev–Trinajstić information content (AvgIpc) is 2.86. The summed E-state index contributed by atoms with van der Waals surface area (Å²) in [6.45, 7) is 2.19. The van der Waals surface area contributed by atoms with Crippen molar-refractivity contribution in [1.29, 1.82) is 0 Å². The van der Waals surface area contributed by atoms with Crippen LogP contribution in [0.15, 0.2) is 29.2 Å². The first kappa shape index (κ1) is 15.3. The van der Waals surface area contributed by atoms with Crippen LogP contribution in [0.1, 0.15) is 26.2 Å². The van der Waals surface area contributed by atoms with Crippen LogP contribution < -0.4 is 5.32 Å². The molecule has 0 heterocycles. The number of carbonyl (C=O) groups excluding carboxylic acids is 1. The lowest BCUT2D eigenvalue weighted by Crippen LogP contribution is -2.49. The van der Waals surface area contributed by atoms with Gasteiger partial charge in [0, 0.05) is 10.1 Å². The summed E-state index contributed by atoms with van der Waals surface area (Å²) in [6, 6.07) is 6.76. The highest BCUT2D eigenvalue weighted by atomic mass is 32.2. The van der Waals surface area contributed by atoms with Gasteiger partial charge in [-0.15, -0.1) is 11.8 Å². The summed E-state index contributed by atoms with van der Waals surface area (Å²) in [5.41, 5.74) is -0.612. The lowest BCUT2D eigenvalue weighted by molar-refractivity contribution is -0.150. The van der Waals surface area contributed by atoms with E-state index in [1.54, 1.807) is 19.2 Å². The highest BCUT2D eigenvalue weighted by Gasteiger charge is 2.45. The van der Waals surface area contributed by atoms with Crippen LogP contribution >= 0.6 is 11.8 Å². The smallest absolute Gasteiger partial charge is 0.326 e. The second-order valence-corrected chi connectivity index (χ2v) is 6.31. The van der Waals surface area contributed by atoms with Gasteiger partial charge in [0.15, 0.2) is 0 Å². The Morgan fingerprint density at radius 1 is 1.55 bits per heavy atom. The molecule has 0 saturated heterocycles. The van der Waals surface area contributed by atoms with Gasteiger partial charge in [-0.25, -0.2) is 4.39 Å². The number of esters is 1. The predicted molar refractivity (Wildman–Crippen MR) is 78.3 cm³/mol. The number of hydrogen-bond donors (Lipinski definition) is 1. The van der Waals surface area contributed by atoms with Crippen LogP contribution in [0.3, 0.4) is 0 Å². The molecule has 0 aromatic heterocycles. The molecule has 0 radical (unpaired) electrons. The largest absolute Gasteiger partial charge is 0.465 e. The summed E-state index contributed by atoms with van der Waals surface area (Å²) in [6.07, 6.45) is 2.27. The van der Waals surface area contributed by atoms with Crippen LogP contribution in [0.2, 0.25) is 0 Å². The van der Waals surface area contributed by atoms with Crippen LogP contribution in [0.25, 0.3) is 0 Å². The zero-order valence-corrected chi connectivity index (χ0v) is 12.6. The number of carbonyl (C=O) groups is 1. The molecule has 20 heavy (non-hydrogen) atoms. The van der Waals surface area contributed by atoms with Crippen molar-refractivity contribution in [1.82, 2.24) is 5.32 Å². The van der Waals surface area contributed by atoms with Gasteiger partial charge in [-0.2, -0.15) is 0 Å². The van der Waals surface area contributed by atoms with Crippen LogP contribution in [-0.2, 0) is 9.53 Å². The quantitative estimate of drug-likeness (QED) is 0.848. The van der Waals surface area contributed by atoms with E-state index in [0.29, 0.717) is 17.9 Å². The van der Waals surface area contributed by atoms with E-state index in [4.69, 9.17) is 4.74 Å². The van der Waals surface area contributed by atoms with Crippen LogP contribution in [0.4, 0.5) is 4.39 Å². The molecule has 1 N–H and O–H groups in total. The van der Waals surface area contributed by atoms with E-state index in [1.807, 2.05) is 13.0 Å². The second kappa shape index (κ2) is 6.59. The van der Waals surface area contributed by atoms with E-state index in [2.05, 4.69) is 5.32 Å². The molecular formula is C15H20FNO2S. The number of hydrogen-bond acceptors (Lipinski definition) is 4. The van der Waals surface area contributed by atoms with Gasteiger partial charge in [-0.1, -0.05) is 12.1 Å². The van der Waals surface area contributed by atoms with Crippen molar-refractivity contribution in [3.8, 4) is 0 Å². The molecular weight excluding hydrogens is 277 g/mol. The number of likely N-dealkylation sites (N-methyl/N-ethyl adjacent to an activating group) is 1. The van der Waals surface area contributed by atoms with Crippen LogP contribution in [-0.4, -0.2) is 30.4 Å². The first-order valence-corrected chi connectivity index (χ1v) is 7.76. The first-order valence-electron chi connectivity index (χ1n) is 6.88. The molecule has 1 aromatic carbocycles. The molecule has 5 heteroatoms. The van der Waals surface area contributed by atoms with Crippen molar-refractivity contribution in [3.05, 3.63) is 30.1 Å². The van der Waals surface area contributed by atoms with E-state index >= 15 is 0 Å². The first-order chi connectivity index (χ1) is 9.61.